The number of hydrogen-bond acceptors (Lipinski definition) is 3. The van der Waals surface area contributed by atoms with Gasteiger partial charge in [0.15, 0.2) is 0 Å². The summed E-state index contributed by atoms with van der Waals surface area (Å²) in [6.45, 7) is 1.96. The van der Waals surface area contributed by atoms with E-state index < -0.39 is 0 Å². The molecular weight excluding hydrogens is 168 g/mol. The molecule has 0 radical (unpaired) electrons. The average molecular weight is 182 g/mol. The Morgan fingerprint density at radius 1 is 1.23 bits per heavy atom. The molecule has 72 valence electrons. The molecule has 0 aromatic carbocycles. The third-order valence-electron chi connectivity index (χ3n) is 2.18. The van der Waals surface area contributed by atoms with Crippen LogP contribution < -0.4 is 0 Å². The molecule has 2 unspecified atom stereocenters. The van der Waals surface area contributed by atoms with Gasteiger partial charge in [-0.05, 0) is 24.6 Å². The molecule has 1 rings (SSSR count). The summed E-state index contributed by atoms with van der Waals surface area (Å²) in [4.78, 5) is 10.7. The van der Waals surface area contributed by atoms with Gasteiger partial charge in [-0.25, -0.2) is 0 Å². The van der Waals surface area contributed by atoms with Crippen molar-refractivity contribution >= 4 is 6.29 Å². The van der Waals surface area contributed by atoms with Gasteiger partial charge in [0, 0.05) is 19.8 Å². The molecule has 0 aromatic heterocycles. The van der Waals surface area contributed by atoms with Gasteiger partial charge in [0.1, 0.15) is 12.4 Å². The second kappa shape index (κ2) is 4.35. The van der Waals surface area contributed by atoms with Crippen LogP contribution in [0.15, 0.2) is 23.3 Å². The van der Waals surface area contributed by atoms with Gasteiger partial charge in [-0.15, -0.1) is 0 Å². The topological polar surface area (TPSA) is 35.5 Å². The average Bonchev–Trinajstić information content (AvgIpc) is 2.17. The van der Waals surface area contributed by atoms with Crippen LogP contribution in [0.5, 0.6) is 0 Å². The summed E-state index contributed by atoms with van der Waals surface area (Å²) in [6.07, 6.45) is 4.19. The maximum Gasteiger partial charge on any atom is 0.148 e. The molecule has 0 aliphatic heterocycles. The molecule has 0 aromatic rings. The zero-order valence-corrected chi connectivity index (χ0v) is 8.11. The number of carbonyl (C=O) groups is 1. The van der Waals surface area contributed by atoms with Crippen molar-refractivity contribution in [3.63, 3.8) is 0 Å². The van der Waals surface area contributed by atoms with Crippen LogP contribution >= 0.6 is 0 Å². The van der Waals surface area contributed by atoms with Crippen molar-refractivity contribution in [2.24, 2.45) is 0 Å². The zero-order chi connectivity index (χ0) is 9.84. The van der Waals surface area contributed by atoms with E-state index in [1.807, 2.05) is 13.0 Å². The van der Waals surface area contributed by atoms with Crippen LogP contribution in [0.1, 0.15) is 6.92 Å². The lowest BCUT2D eigenvalue weighted by molar-refractivity contribution is -0.105. The molecule has 2 atom stereocenters. The van der Waals surface area contributed by atoms with E-state index in [2.05, 4.69) is 0 Å². The summed E-state index contributed by atoms with van der Waals surface area (Å²) in [7, 11) is 3.20. The lowest BCUT2D eigenvalue weighted by atomic mass is 9.96. The third-order valence-corrected chi connectivity index (χ3v) is 2.18. The molecule has 0 N–H and O–H groups in total. The molecular formula is C10H14O3. The van der Waals surface area contributed by atoms with Crippen LogP contribution in [0.4, 0.5) is 0 Å². The summed E-state index contributed by atoms with van der Waals surface area (Å²) in [6, 6.07) is 0. The van der Waals surface area contributed by atoms with Gasteiger partial charge in [0.05, 0.1) is 6.10 Å². The number of aldehydes is 1. The molecule has 0 bridgehead atoms. The van der Waals surface area contributed by atoms with E-state index in [1.165, 1.54) is 0 Å². The standard InChI is InChI=1S/C10H14O3/c1-7-4-10(13-3)8(6-11)5-9(7)12-2/h4-6,9-10H,1-3H3. The highest BCUT2D eigenvalue weighted by Gasteiger charge is 2.20. The van der Waals surface area contributed by atoms with Gasteiger partial charge in [0.2, 0.25) is 0 Å². The van der Waals surface area contributed by atoms with Crippen molar-refractivity contribution in [3.05, 3.63) is 23.3 Å². The van der Waals surface area contributed by atoms with Gasteiger partial charge in [-0.3, -0.25) is 4.79 Å². The Kier molecular flexibility index (Phi) is 3.39. The van der Waals surface area contributed by atoms with Crippen LogP contribution in [0.2, 0.25) is 0 Å². The first-order chi connectivity index (χ1) is 6.22. The molecule has 0 saturated carbocycles. The van der Waals surface area contributed by atoms with E-state index in [0.717, 1.165) is 11.9 Å². The van der Waals surface area contributed by atoms with Crippen LogP contribution in [0, 0.1) is 0 Å². The fourth-order valence-electron chi connectivity index (χ4n) is 1.40. The van der Waals surface area contributed by atoms with Gasteiger partial charge < -0.3 is 9.47 Å². The largest absolute Gasteiger partial charge is 0.373 e. The Labute approximate surface area is 78.0 Å². The fourth-order valence-corrected chi connectivity index (χ4v) is 1.40. The van der Waals surface area contributed by atoms with Crippen molar-refractivity contribution in [3.8, 4) is 0 Å². The highest BCUT2D eigenvalue weighted by Crippen LogP contribution is 2.20. The molecule has 13 heavy (non-hydrogen) atoms. The summed E-state index contributed by atoms with van der Waals surface area (Å²) in [5.41, 5.74) is 1.69. The minimum Gasteiger partial charge on any atom is -0.373 e. The van der Waals surface area contributed by atoms with E-state index in [9.17, 15) is 4.79 Å². The summed E-state index contributed by atoms with van der Waals surface area (Å²) in [5.74, 6) is 0. The number of carbonyl (C=O) groups excluding carboxylic acids is 1. The molecule has 1 aliphatic carbocycles. The first-order valence-electron chi connectivity index (χ1n) is 4.13. The van der Waals surface area contributed by atoms with E-state index in [-0.39, 0.29) is 12.2 Å². The molecule has 3 nitrogen and oxygen atoms in total. The van der Waals surface area contributed by atoms with Crippen molar-refractivity contribution in [1.29, 1.82) is 0 Å². The van der Waals surface area contributed by atoms with Crippen molar-refractivity contribution in [1.82, 2.24) is 0 Å². The molecule has 0 heterocycles. The van der Waals surface area contributed by atoms with E-state index >= 15 is 0 Å². The van der Waals surface area contributed by atoms with Gasteiger partial charge in [-0.2, -0.15) is 0 Å². The Balaban J connectivity index is 2.89. The lowest BCUT2D eigenvalue weighted by Crippen LogP contribution is -2.23. The fraction of sp³-hybridized carbons (Fsp3) is 0.500. The molecule has 1 aliphatic rings. The summed E-state index contributed by atoms with van der Waals surface area (Å²) < 4.78 is 10.3. The van der Waals surface area contributed by atoms with Gasteiger partial charge in [0.25, 0.3) is 0 Å². The number of hydrogen-bond donors (Lipinski definition) is 0. The maximum atomic E-state index is 10.7. The van der Waals surface area contributed by atoms with Crippen LogP contribution in [-0.2, 0) is 14.3 Å². The van der Waals surface area contributed by atoms with Crippen LogP contribution in [-0.4, -0.2) is 32.7 Å². The smallest absolute Gasteiger partial charge is 0.148 e. The zero-order valence-electron chi connectivity index (χ0n) is 8.11. The second-order valence-electron chi connectivity index (χ2n) is 3.01. The first kappa shape index (κ1) is 10.2. The molecule has 3 heteroatoms. The number of ether oxygens (including phenoxy) is 2. The minimum absolute atomic E-state index is 0.0911. The normalized spacial score (nSPS) is 27.9. The number of methoxy groups -OCH3 is 2. The summed E-state index contributed by atoms with van der Waals surface area (Å²) >= 11 is 0. The van der Waals surface area contributed by atoms with Gasteiger partial charge >= 0.3 is 0 Å². The summed E-state index contributed by atoms with van der Waals surface area (Å²) in [5, 5.41) is 0. The Hall–Kier alpha value is -0.930. The quantitative estimate of drug-likeness (QED) is 0.484. The molecule has 0 saturated heterocycles. The van der Waals surface area contributed by atoms with Crippen LogP contribution in [0.25, 0.3) is 0 Å². The van der Waals surface area contributed by atoms with E-state index in [4.69, 9.17) is 9.47 Å². The molecule has 0 spiro atoms. The monoisotopic (exact) mass is 182 g/mol. The van der Waals surface area contributed by atoms with Crippen molar-refractivity contribution < 1.29 is 14.3 Å². The minimum atomic E-state index is -0.219. The SMILES string of the molecule is COC1C=C(C=O)C(OC)C=C1C. The number of rotatable bonds is 3. The Morgan fingerprint density at radius 3 is 2.31 bits per heavy atom. The maximum absolute atomic E-state index is 10.7. The lowest BCUT2D eigenvalue weighted by Gasteiger charge is -2.22. The molecule has 0 amide bonds. The van der Waals surface area contributed by atoms with Gasteiger partial charge in [-0.1, -0.05) is 0 Å². The van der Waals surface area contributed by atoms with Crippen molar-refractivity contribution in [2.75, 3.05) is 14.2 Å². The Bertz CT molecular complexity index is 253. The first-order valence-corrected chi connectivity index (χ1v) is 4.13. The van der Waals surface area contributed by atoms with Crippen LogP contribution in [0.3, 0.4) is 0 Å². The molecule has 0 fully saturated rings. The van der Waals surface area contributed by atoms with Crippen molar-refractivity contribution in [2.45, 2.75) is 19.1 Å². The highest BCUT2D eigenvalue weighted by atomic mass is 16.5. The van der Waals surface area contributed by atoms with E-state index in [1.54, 1.807) is 20.3 Å². The third kappa shape index (κ3) is 2.05. The van der Waals surface area contributed by atoms with E-state index in [0.29, 0.717) is 5.57 Å². The predicted octanol–water partition coefficient (Wildman–Crippen LogP) is 1.10. The predicted molar refractivity (Wildman–Crippen MR) is 49.5 cm³/mol. The Morgan fingerprint density at radius 2 is 1.85 bits per heavy atom. The second-order valence-corrected chi connectivity index (χ2v) is 3.01. The highest BCUT2D eigenvalue weighted by molar-refractivity contribution is 5.76.